The van der Waals surface area contributed by atoms with E-state index in [-0.39, 0.29) is 12.0 Å². The van der Waals surface area contributed by atoms with Crippen LogP contribution in [0.3, 0.4) is 0 Å². The molecule has 1 aromatic rings. The molecule has 3 rings (SSSR count). The number of nitrogens with zero attached hydrogens (tertiary/aromatic N) is 1. The maximum absolute atomic E-state index is 12.3. The van der Waals surface area contributed by atoms with Gasteiger partial charge in [-0.15, -0.1) is 0 Å². The van der Waals surface area contributed by atoms with Crippen molar-refractivity contribution in [1.82, 2.24) is 10.3 Å². The van der Waals surface area contributed by atoms with Gasteiger partial charge in [-0.2, -0.15) is 0 Å². The second kappa shape index (κ2) is 7.58. The number of rotatable bonds is 5. The normalized spacial score (nSPS) is 22.5. The van der Waals surface area contributed by atoms with E-state index in [1.165, 1.54) is 32.1 Å². The summed E-state index contributed by atoms with van der Waals surface area (Å²) in [7, 11) is 0. The van der Waals surface area contributed by atoms with Crippen molar-refractivity contribution in [2.75, 3.05) is 19.8 Å². The molecule has 2 fully saturated rings. The van der Waals surface area contributed by atoms with Crippen LogP contribution >= 0.6 is 0 Å². The molecule has 0 bridgehead atoms. The average molecular weight is 304 g/mol. The van der Waals surface area contributed by atoms with E-state index in [1.807, 2.05) is 0 Å². The predicted octanol–water partition coefficient (Wildman–Crippen LogP) is 2.56. The Morgan fingerprint density at radius 3 is 2.95 bits per heavy atom. The smallest absolute Gasteiger partial charge is 0.251 e. The van der Waals surface area contributed by atoms with Gasteiger partial charge in [0.2, 0.25) is 5.88 Å². The number of amides is 1. The predicted molar refractivity (Wildman–Crippen MR) is 83.0 cm³/mol. The van der Waals surface area contributed by atoms with Gasteiger partial charge >= 0.3 is 0 Å². The lowest BCUT2D eigenvalue weighted by atomic mass is 9.89. The Labute approximate surface area is 131 Å². The maximum atomic E-state index is 12.3. The highest BCUT2D eigenvalue weighted by molar-refractivity contribution is 5.94. The lowest BCUT2D eigenvalue weighted by Crippen LogP contribution is -2.30. The molecule has 1 aliphatic carbocycles. The van der Waals surface area contributed by atoms with Crippen molar-refractivity contribution in [3.8, 4) is 5.88 Å². The van der Waals surface area contributed by atoms with Gasteiger partial charge in [0.25, 0.3) is 5.91 Å². The zero-order chi connectivity index (χ0) is 15.2. The van der Waals surface area contributed by atoms with E-state index < -0.39 is 0 Å². The number of carbonyl (C=O) groups is 1. The van der Waals surface area contributed by atoms with E-state index in [0.717, 1.165) is 19.6 Å². The highest BCUT2D eigenvalue weighted by Crippen LogP contribution is 2.23. The summed E-state index contributed by atoms with van der Waals surface area (Å²) < 4.78 is 11.0. The Hall–Kier alpha value is -1.62. The molecule has 1 aromatic heterocycles. The van der Waals surface area contributed by atoms with Crippen LogP contribution in [0.5, 0.6) is 5.88 Å². The van der Waals surface area contributed by atoms with Crippen LogP contribution in [0.1, 0.15) is 48.9 Å². The lowest BCUT2D eigenvalue weighted by Gasteiger charge is -2.21. The summed E-state index contributed by atoms with van der Waals surface area (Å²) in [5.41, 5.74) is 0.611. The van der Waals surface area contributed by atoms with Crippen molar-refractivity contribution in [2.45, 2.75) is 44.6 Å². The van der Waals surface area contributed by atoms with Crippen molar-refractivity contribution < 1.29 is 14.3 Å². The maximum Gasteiger partial charge on any atom is 0.251 e. The molecule has 1 amide bonds. The van der Waals surface area contributed by atoms with Gasteiger partial charge in [-0.05, 0) is 24.8 Å². The molecule has 1 atom stereocenters. The van der Waals surface area contributed by atoms with Crippen molar-refractivity contribution in [1.29, 1.82) is 0 Å². The van der Waals surface area contributed by atoms with Gasteiger partial charge in [0.1, 0.15) is 6.10 Å². The zero-order valence-corrected chi connectivity index (χ0v) is 12.9. The Morgan fingerprint density at radius 1 is 1.32 bits per heavy atom. The standard InChI is InChI=1S/C17H24N2O3/c20-17(19-11-13-4-2-1-3-5-13)14-6-8-18-16(10-14)22-15-7-9-21-12-15/h6,8,10,13,15H,1-5,7,9,11-12H2,(H,19,20). The molecule has 2 aliphatic rings. The summed E-state index contributed by atoms with van der Waals surface area (Å²) >= 11 is 0. The van der Waals surface area contributed by atoms with Crippen LogP contribution < -0.4 is 10.1 Å². The quantitative estimate of drug-likeness (QED) is 0.908. The molecule has 0 spiro atoms. The molecule has 22 heavy (non-hydrogen) atoms. The minimum atomic E-state index is -0.0412. The molecular formula is C17H24N2O3. The summed E-state index contributed by atoms with van der Waals surface area (Å²) in [5, 5.41) is 3.04. The number of hydrogen-bond donors (Lipinski definition) is 1. The van der Waals surface area contributed by atoms with Crippen LogP contribution in [-0.2, 0) is 4.74 Å². The fourth-order valence-corrected chi connectivity index (χ4v) is 3.12. The fourth-order valence-electron chi connectivity index (χ4n) is 3.12. The second-order valence-corrected chi connectivity index (χ2v) is 6.20. The first-order chi connectivity index (χ1) is 10.8. The number of hydrogen-bond acceptors (Lipinski definition) is 4. The van der Waals surface area contributed by atoms with Gasteiger partial charge in [-0.1, -0.05) is 19.3 Å². The minimum Gasteiger partial charge on any atom is -0.472 e. The summed E-state index contributed by atoms with van der Waals surface area (Å²) in [6.07, 6.45) is 8.92. The van der Waals surface area contributed by atoms with Crippen LogP contribution in [0.2, 0.25) is 0 Å². The first-order valence-corrected chi connectivity index (χ1v) is 8.30. The Bertz CT molecular complexity index is 494. The van der Waals surface area contributed by atoms with Crippen molar-refractivity contribution in [3.63, 3.8) is 0 Å². The largest absolute Gasteiger partial charge is 0.472 e. The van der Waals surface area contributed by atoms with Gasteiger partial charge in [-0.3, -0.25) is 4.79 Å². The third-order valence-electron chi connectivity index (χ3n) is 4.45. The van der Waals surface area contributed by atoms with Crippen LogP contribution in [0.25, 0.3) is 0 Å². The molecule has 1 unspecified atom stereocenters. The van der Waals surface area contributed by atoms with E-state index >= 15 is 0 Å². The van der Waals surface area contributed by atoms with E-state index in [4.69, 9.17) is 9.47 Å². The van der Waals surface area contributed by atoms with Gasteiger partial charge < -0.3 is 14.8 Å². The molecular weight excluding hydrogens is 280 g/mol. The van der Waals surface area contributed by atoms with Crippen molar-refractivity contribution >= 4 is 5.91 Å². The van der Waals surface area contributed by atoms with Gasteiger partial charge in [0.15, 0.2) is 0 Å². The van der Waals surface area contributed by atoms with Gasteiger partial charge in [0.05, 0.1) is 13.2 Å². The van der Waals surface area contributed by atoms with Crippen molar-refractivity contribution in [2.24, 2.45) is 5.92 Å². The third-order valence-corrected chi connectivity index (χ3v) is 4.45. The number of aromatic nitrogens is 1. The van der Waals surface area contributed by atoms with E-state index in [1.54, 1.807) is 18.3 Å². The third kappa shape index (κ3) is 4.19. The average Bonchev–Trinajstić information content (AvgIpc) is 3.07. The Morgan fingerprint density at radius 2 is 2.18 bits per heavy atom. The number of pyridine rings is 1. The highest BCUT2D eigenvalue weighted by atomic mass is 16.5. The Balaban J connectivity index is 1.52. The van der Waals surface area contributed by atoms with Crippen LogP contribution in [0, 0.1) is 5.92 Å². The van der Waals surface area contributed by atoms with Crippen LogP contribution in [0.4, 0.5) is 0 Å². The molecule has 0 aromatic carbocycles. The molecule has 1 saturated carbocycles. The van der Waals surface area contributed by atoms with Crippen molar-refractivity contribution in [3.05, 3.63) is 23.9 Å². The molecule has 5 heteroatoms. The van der Waals surface area contributed by atoms with E-state index in [9.17, 15) is 4.79 Å². The summed E-state index contributed by atoms with van der Waals surface area (Å²) in [6, 6.07) is 3.45. The van der Waals surface area contributed by atoms with Gasteiger partial charge in [0, 0.05) is 30.8 Å². The first kappa shape index (κ1) is 15.3. The molecule has 0 radical (unpaired) electrons. The molecule has 1 N–H and O–H groups in total. The number of carbonyl (C=O) groups excluding carboxylic acids is 1. The fraction of sp³-hybridized carbons (Fsp3) is 0.647. The molecule has 5 nitrogen and oxygen atoms in total. The van der Waals surface area contributed by atoms with E-state index in [0.29, 0.717) is 24.0 Å². The lowest BCUT2D eigenvalue weighted by molar-refractivity contribution is 0.0942. The monoisotopic (exact) mass is 304 g/mol. The van der Waals surface area contributed by atoms with Gasteiger partial charge in [-0.25, -0.2) is 4.98 Å². The topological polar surface area (TPSA) is 60.5 Å². The molecule has 2 heterocycles. The SMILES string of the molecule is O=C(NCC1CCCCC1)c1ccnc(OC2CCOC2)c1. The molecule has 120 valence electrons. The van der Waals surface area contributed by atoms with Crippen LogP contribution in [0.15, 0.2) is 18.3 Å². The Kier molecular flexibility index (Phi) is 5.27. The molecule has 1 aliphatic heterocycles. The van der Waals surface area contributed by atoms with Crippen LogP contribution in [-0.4, -0.2) is 36.8 Å². The van der Waals surface area contributed by atoms with E-state index in [2.05, 4.69) is 10.3 Å². The summed E-state index contributed by atoms with van der Waals surface area (Å²) in [5.74, 6) is 1.09. The second-order valence-electron chi connectivity index (χ2n) is 6.20. The number of nitrogens with one attached hydrogen (secondary N) is 1. The first-order valence-electron chi connectivity index (χ1n) is 8.30. The zero-order valence-electron chi connectivity index (χ0n) is 12.9. The highest BCUT2D eigenvalue weighted by Gasteiger charge is 2.19. The number of ether oxygens (including phenoxy) is 2. The molecule has 1 saturated heterocycles. The summed E-state index contributed by atoms with van der Waals surface area (Å²) in [6.45, 7) is 2.10. The summed E-state index contributed by atoms with van der Waals surface area (Å²) in [4.78, 5) is 16.4. The minimum absolute atomic E-state index is 0.0412.